The summed E-state index contributed by atoms with van der Waals surface area (Å²) >= 11 is 5.90. The Bertz CT molecular complexity index is 777. The number of nitro groups is 1. The number of piperidine rings is 1. The first-order valence-electron chi connectivity index (χ1n) is 7.82. The average Bonchev–Trinajstić information content (AvgIpc) is 2.61. The number of methoxy groups -OCH3 is 1. The van der Waals surface area contributed by atoms with Crippen LogP contribution in [0.1, 0.15) is 29.5 Å². The Balaban J connectivity index is 1.99. The van der Waals surface area contributed by atoms with Gasteiger partial charge in [-0.15, -0.1) is 0 Å². The van der Waals surface area contributed by atoms with Crippen LogP contribution in [0.15, 0.2) is 48.5 Å². The SMILES string of the molecule is COc1ccc([C@@H]2CC(=O)N[C@H](c3ccc(Cl)cc3)[C@H]2[N+](=O)[O-])cc1. The van der Waals surface area contributed by atoms with Crippen LogP contribution in [0.4, 0.5) is 0 Å². The van der Waals surface area contributed by atoms with E-state index in [1.165, 1.54) is 0 Å². The number of benzene rings is 2. The molecule has 1 aliphatic heterocycles. The standard InChI is InChI=1S/C18H17ClN2O4/c1-25-14-8-4-11(5-9-14)15-10-16(22)20-17(18(15)21(23)24)12-2-6-13(19)7-3-12/h2-9,15,17-18H,10H2,1H3,(H,20,22)/t15-,17+,18-/m0/s1. The molecule has 0 aliphatic carbocycles. The van der Waals surface area contributed by atoms with E-state index in [4.69, 9.17) is 16.3 Å². The van der Waals surface area contributed by atoms with Crippen molar-refractivity contribution in [3.8, 4) is 5.75 Å². The monoisotopic (exact) mass is 360 g/mol. The third kappa shape index (κ3) is 3.58. The van der Waals surface area contributed by atoms with Gasteiger partial charge < -0.3 is 10.1 Å². The molecule has 0 bridgehead atoms. The van der Waals surface area contributed by atoms with E-state index in [0.29, 0.717) is 16.3 Å². The van der Waals surface area contributed by atoms with Crippen LogP contribution >= 0.6 is 11.6 Å². The summed E-state index contributed by atoms with van der Waals surface area (Å²) in [4.78, 5) is 23.7. The highest BCUT2D eigenvalue weighted by Gasteiger charge is 2.46. The lowest BCUT2D eigenvalue weighted by atomic mass is 9.79. The number of carbonyl (C=O) groups is 1. The molecule has 1 amide bonds. The summed E-state index contributed by atoms with van der Waals surface area (Å²) in [5, 5.41) is 15.1. The van der Waals surface area contributed by atoms with Crippen LogP contribution in [-0.2, 0) is 4.79 Å². The zero-order chi connectivity index (χ0) is 18.0. The number of halogens is 1. The quantitative estimate of drug-likeness (QED) is 0.669. The molecule has 6 nitrogen and oxygen atoms in total. The van der Waals surface area contributed by atoms with Crippen LogP contribution in [0.5, 0.6) is 5.75 Å². The molecular weight excluding hydrogens is 344 g/mol. The van der Waals surface area contributed by atoms with Gasteiger partial charge in [-0.3, -0.25) is 14.9 Å². The largest absolute Gasteiger partial charge is 0.497 e. The van der Waals surface area contributed by atoms with Crippen molar-refractivity contribution in [3.63, 3.8) is 0 Å². The normalized spacial score (nSPS) is 23.0. The predicted molar refractivity (Wildman–Crippen MR) is 93.5 cm³/mol. The number of rotatable bonds is 4. The maximum Gasteiger partial charge on any atom is 0.244 e. The van der Waals surface area contributed by atoms with Gasteiger partial charge in [0.25, 0.3) is 0 Å². The maximum absolute atomic E-state index is 12.2. The number of nitrogens with one attached hydrogen (secondary N) is 1. The molecule has 1 N–H and O–H groups in total. The van der Waals surface area contributed by atoms with E-state index in [1.54, 1.807) is 55.6 Å². The van der Waals surface area contributed by atoms with Crippen LogP contribution in [0.3, 0.4) is 0 Å². The summed E-state index contributed by atoms with van der Waals surface area (Å²) in [5.74, 6) is -0.0647. The highest BCUT2D eigenvalue weighted by molar-refractivity contribution is 6.30. The first kappa shape index (κ1) is 17.2. The highest BCUT2D eigenvalue weighted by atomic mass is 35.5. The van der Waals surface area contributed by atoms with Gasteiger partial charge in [-0.2, -0.15) is 0 Å². The molecule has 2 aromatic rings. The second-order valence-electron chi connectivity index (χ2n) is 5.96. The van der Waals surface area contributed by atoms with Crippen molar-refractivity contribution >= 4 is 17.5 Å². The summed E-state index contributed by atoms with van der Waals surface area (Å²) in [6.45, 7) is 0. The van der Waals surface area contributed by atoms with E-state index < -0.39 is 18.0 Å². The van der Waals surface area contributed by atoms with E-state index in [0.717, 1.165) is 5.56 Å². The van der Waals surface area contributed by atoms with Crippen LogP contribution in [0.25, 0.3) is 0 Å². The van der Waals surface area contributed by atoms with E-state index in [-0.39, 0.29) is 17.3 Å². The molecule has 1 saturated heterocycles. The highest BCUT2D eigenvalue weighted by Crippen LogP contribution is 2.37. The Kier molecular flexibility index (Phi) is 4.90. The summed E-state index contributed by atoms with van der Waals surface area (Å²) in [5.41, 5.74) is 1.41. The lowest BCUT2D eigenvalue weighted by molar-refractivity contribution is -0.533. The zero-order valence-electron chi connectivity index (χ0n) is 13.5. The molecule has 1 heterocycles. The Hall–Kier alpha value is -2.60. The van der Waals surface area contributed by atoms with Gasteiger partial charge in [-0.1, -0.05) is 35.9 Å². The van der Waals surface area contributed by atoms with Crippen molar-refractivity contribution in [1.29, 1.82) is 0 Å². The van der Waals surface area contributed by atoms with Crippen molar-refractivity contribution in [3.05, 3.63) is 74.8 Å². The number of carbonyl (C=O) groups excluding carboxylic acids is 1. The third-order valence-corrected chi connectivity index (χ3v) is 4.74. The molecule has 0 spiro atoms. The molecule has 0 saturated carbocycles. The average molecular weight is 361 g/mol. The van der Waals surface area contributed by atoms with Crippen molar-refractivity contribution in [2.45, 2.75) is 24.4 Å². The van der Waals surface area contributed by atoms with Crippen LogP contribution in [0.2, 0.25) is 5.02 Å². The van der Waals surface area contributed by atoms with E-state index in [2.05, 4.69) is 5.32 Å². The van der Waals surface area contributed by atoms with Crippen molar-refractivity contribution < 1.29 is 14.5 Å². The predicted octanol–water partition coefficient (Wildman–Crippen LogP) is 3.34. The van der Waals surface area contributed by atoms with Crippen molar-refractivity contribution in [2.75, 3.05) is 7.11 Å². The van der Waals surface area contributed by atoms with Crippen LogP contribution < -0.4 is 10.1 Å². The minimum absolute atomic E-state index is 0.0715. The van der Waals surface area contributed by atoms with Gasteiger partial charge in [0.1, 0.15) is 11.8 Å². The Morgan fingerprint density at radius 2 is 1.72 bits per heavy atom. The van der Waals surface area contributed by atoms with Gasteiger partial charge in [0.15, 0.2) is 0 Å². The lowest BCUT2D eigenvalue weighted by Gasteiger charge is -2.33. The van der Waals surface area contributed by atoms with Gasteiger partial charge in [-0.05, 0) is 35.4 Å². The molecule has 2 aromatic carbocycles. The fourth-order valence-corrected chi connectivity index (χ4v) is 3.38. The number of hydrogen-bond donors (Lipinski definition) is 1. The third-order valence-electron chi connectivity index (χ3n) is 4.49. The minimum atomic E-state index is -0.965. The molecule has 0 aromatic heterocycles. The van der Waals surface area contributed by atoms with Gasteiger partial charge in [0.2, 0.25) is 11.9 Å². The van der Waals surface area contributed by atoms with Crippen molar-refractivity contribution in [1.82, 2.24) is 5.32 Å². The fourth-order valence-electron chi connectivity index (χ4n) is 3.26. The molecule has 0 unspecified atom stereocenters. The van der Waals surface area contributed by atoms with E-state index in [9.17, 15) is 14.9 Å². The molecule has 7 heteroatoms. The first-order valence-corrected chi connectivity index (χ1v) is 8.19. The summed E-state index contributed by atoms with van der Waals surface area (Å²) in [6.07, 6.45) is 0.0715. The summed E-state index contributed by atoms with van der Waals surface area (Å²) in [7, 11) is 1.56. The molecule has 0 radical (unpaired) electrons. The lowest BCUT2D eigenvalue weighted by Crippen LogP contribution is -2.49. The van der Waals surface area contributed by atoms with Crippen molar-refractivity contribution in [2.24, 2.45) is 0 Å². The number of amides is 1. The second-order valence-corrected chi connectivity index (χ2v) is 6.39. The molecule has 130 valence electrons. The molecule has 25 heavy (non-hydrogen) atoms. The number of hydrogen-bond acceptors (Lipinski definition) is 4. The molecule has 3 atom stereocenters. The Morgan fingerprint density at radius 1 is 1.12 bits per heavy atom. The fraction of sp³-hybridized carbons (Fsp3) is 0.278. The summed E-state index contributed by atoms with van der Waals surface area (Å²) < 4.78 is 5.13. The zero-order valence-corrected chi connectivity index (χ0v) is 14.3. The molecule has 1 fully saturated rings. The van der Waals surface area contributed by atoms with Gasteiger partial charge in [-0.25, -0.2) is 0 Å². The minimum Gasteiger partial charge on any atom is -0.497 e. The van der Waals surface area contributed by atoms with Gasteiger partial charge >= 0.3 is 0 Å². The number of ether oxygens (including phenoxy) is 1. The topological polar surface area (TPSA) is 81.5 Å². The van der Waals surface area contributed by atoms with E-state index in [1.807, 2.05) is 0 Å². The Morgan fingerprint density at radius 3 is 2.28 bits per heavy atom. The number of nitrogens with zero attached hydrogens (tertiary/aromatic N) is 1. The van der Waals surface area contributed by atoms with Crippen LogP contribution in [0, 0.1) is 10.1 Å². The molecular formula is C18H17ClN2O4. The maximum atomic E-state index is 12.2. The first-order chi connectivity index (χ1) is 12.0. The molecule has 3 rings (SSSR count). The molecule has 1 aliphatic rings. The Labute approximate surface area is 149 Å². The van der Waals surface area contributed by atoms with E-state index >= 15 is 0 Å². The van der Waals surface area contributed by atoms with Gasteiger partial charge in [0.05, 0.1) is 13.0 Å². The van der Waals surface area contributed by atoms with Gasteiger partial charge in [0, 0.05) is 16.4 Å². The smallest absolute Gasteiger partial charge is 0.244 e. The van der Waals surface area contributed by atoms with Crippen LogP contribution in [-0.4, -0.2) is 24.0 Å². The summed E-state index contributed by atoms with van der Waals surface area (Å²) in [6, 6.07) is 12.1. The second kappa shape index (κ2) is 7.11.